The van der Waals surface area contributed by atoms with Crippen molar-refractivity contribution in [3.63, 3.8) is 0 Å². The Bertz CT molecular complexity index is 1290. The fourth-order valence-corrected chi connectivity index (χ4v) is 5.62. The van der Waals surface area contributed by atoms with Gasteiger partial charge in [0, 0.05) is 0 Å². The van der Waals surface area contributed by atoms with Gasteiger partial charge in [-0.25, -0.2) is 0 Å². The highest BCUT2D eigenvalue weighted by molar-refractivity contribution is 7.46. The van der Waals surface area contributed by atoms with Crippen molar-refractivity contribution in [2.75, 3.05) is 0 Å². The fourth-order valence-electron chi connectivity index (χ4n) is 4.69. The van der Waals surface area contributed by atoms with Gasteiger partial charge in [0.1, 0.15) is 0 Å². The van der Waals surface area contributed by atoms with Crippen LogP contribution in [0.3, 0.4) is 0 Å². The molecule has 5 aromatic carbocycles. The van der Waals surface area contributed by atoms with E-state index in [2.05, 4.69) is 41.7 Å². The molecule has 2 N–H and O–H groups in total. The third-order valence-corrected chi connectivity index (χ3v) is 7.69. The van der Waals surface area contributed by atoms with E-state index in [-0.39, 0.29) is 6.61 Å². The van der Waals surface area contributed by atoms with E-state index in [9.17, 15) is 4.89 Å². The summed E-state index contributed by atoms with van der Waals surface area (Å²) in [6.45, 7) is 0.603. The van der Waals surface area contributed by atoms with Crippen molar-refractivity contribution in [3.05, 3.63) is 179 Å². The van der Waals surface area contributed by atoms with Crippen LogP contribution in [0.2, 0.25) is 0 Å². The number of rotatable bonds is 12. The molecule has 0 aliphatic heterocycles. The van der Waals surface area contributed by atoms with Gasteiger partial charge in [-0.05, 0) is 27.8 Å². The number of hydrogen-bond acceptors (Lipinski definition) is 4. The first-order chi connectivity index (χ1) is 19.3. The molecular formula is C34H32NO3P. The van der Waals surface area contributed by atoms with Gasteiger partial charge in [0.05, 0.1) is 18.8 Å². The summed E-state index contributed by atoms with van der Waals surface area (Å²) in [4.78, 5) is 11.5. The second-order valence-corrected chi connectivity index (χ2v) is 10.5. The minimum atomic E-state index is -2.03. The summed E-state index contributed by atoms with van der Waals surface area (Å²) in [5.41, 5.74) is 4.28. The first-order valence-corrected chi connectivity index (χ1v) is 14.3. The molecule has 4 nitrogen and oxygen atoms in total. The van der Waals surface area contributed by atoms with Gasteiger partial charge >= 0.3 is 0 Å². The average Bonchev–Trinajstić information content (AvgIpc) is 3.02. The van der Waals surface area contributed by atoms with Gasteiger partial charge in [-0.3, -0.25) is 5.32 Å². The Kier molecular flexibility index (Phi) is 9.29. The van der Waals surface area contributed by atoms with Crippen molar-refractivity contribution >= 4 is 8.38 Å². The van der Waals surface area contributed by atoms with Crippen LogP contribution in [0.15, 0.2) is 152 Å². The molecule has 0 aliphatic carbocycles. The minimum absolute atomic E-state index is 0.283. The van der Waals surface area contributed by atoms with Crippen LogP contribution in [-0.4, -0.2) is 10.9 Å². The Labute approximate surface area is 231 Å². The van der Waals surface area contributed by atoms with E-state index in [1.165, 1.54) is 0 Å². The number of nitrogens with one attached hydrogen (secondary N) is 1. The second-order valence-electron chi connectivity index (χ2n) is 9.20. The zero-order valence-corrected chi connectivity index (χ0v) is 22.5. The van der Waals surface area contributed by atoms with Gasteiger partial charge in [-0.15, -0.1) is 0 Å². The summed E-state index contributed by atoms with van der Waals surface area (Å²) in [6.07, 6.45) is 0. The second kappa shape index (κ2) is 13.4. The number of benzene rings is 5. The average molecular weight is 534 g/mol. The molecule has 0 spiro atoms. The van der Waals surface area contributed by atoms with Gasteiger partial charge in [-0.2, -0.15) is 0 Å². The Balaban J connectivity index is 1.56. The molecule has 0 saturated carbocycles. The maximum absolute atomic E-state index is 11.5. The Hall–Kier alpha value is -3.63. The van der Waals surface area contributed by atoms with E-state index < -0.39 is 19.9 Å². The molecule has 2 unspecified atom stereocenters. The third kappa shape index (κ3) is 6.69. The van der Waals surface area contributed by atoms with Gasteiger partial charge in [-0.1, -0.05) is 152 Å². The molecule has 0 aliphatic rings. The van der Waals surface area contributed by atoms with E-state index >= 15 is 0 Å². The lowest BCUT2D eigenvalue weighted by molar-refractivity contribution is 0.0431. The maximum Gasteiger partial charge on any atom is 0.215 e. The van der Waals surface area contributed by atoms with Crippen LogP contribution in [0.5, 0.6) is 0 Å². The summed E-state index contributed by atoms with van der Waals surface area (Å²) in [5.74, 6) is -0.801. The lowest BCUT2D eigenvalue weighted by Crippen LogP contribution is -2.50. The molecule has 5 rings (SSSR count). The molecule has 0 saturated heterocycles. The molecule has 5 heteroatoms. The van der Waals surface area contributed by atoms with Gasteiger partial charge in [0.25, 0.3) is 0 Å². The summed E-state index contributed by atoms with van der Waals surface area (Å²) >= 11 is 0. The van der Waals surface area contributed by atoms with Gasteiger partial charge in [0.15, 0.2) is 5.97 Å². The summed E-state index contributed by atoms with van der Waals surface area (Å²) < 4.78 is 12.5. The SMILES string of the molecule is OP(OCc1ccccc1)C(NC(c1ccccc1)(c1ccccc1)c1ccccc1)OCc1ccccc1. The zero-order valence-electron chi connectivity index (χ0n) is 21.6. The number of hydrogen-bond donors (Lipinski definition) is 2. The zero-order chi connectivity index (χ0) is 26.8. The highest BCUT2D eigenvalue weighted by atomic mass is 31.2. The molecule has 0 heterocycles. The molecule has 0 fully saturated rings. The minimum Gasteiger partial charge on any atom is -0.350 e. The maximum atomic E-state index is 11.5. The van der Waals surface area contributed by atoms with Crippen molar-refractivity contribution in [2.45, 2.75) is 24.7 Å². The fraction of sp³-hybridized carbons (Fsp3) is 0.118. The quantitative estimate of drug-likeness (QED) is 0.0986. The van der Waals surface area contributed by atoms with Crippen molar-refractivity contribution in [1.82, 2.24) is 5.32 Å². The van der Waals surface area contributed by atoms with Crippen molar-refractivity contribution < 1.29 is 14.2 Å². The molecule has 0 bridgehead atoms. The molecule has 196 valence electrons. The molecule has 0 amide bonds. The van der Waals surface area contributed by atoms with Crippen LogP contribution in [0.25, 0.3) is 0 Å². The highest BCUT2D eigenvalue weighted by Gasteiger charge is 2.40. The van der Waals surface area contributed by atoms with Gasteiger partial charge < -0.3 is 14.2 Å². The van der Waals surface area contributed by atoms with E-state index in [0.717, 1.165) is 27.8 Å². The van der Waals surface area contributed by atoms with Gasteiger partial charge in [0.2, 0.25) is 8.38 Å². The Morgan fingerprint density at radius 1 is 0.538 bits per heavy atom. The Morgan fingerprint density at radius 2 is 0.897 bits per heavy atom. The third-order valence-electron chi connectivity index (χ3n) is 6.62. The normalized spacial score (nSPS) is 13.1. The van der Waals surface area contributed by atoms with Crippen molar-refractivity contribution in [1.29, 1.82) is 0 Å². The molecule has 0 radical (unpaired) electrons. The molecule has 0 aromatic heterocycles. The van der Waals surface area contributed by atoms with E-state index in [1.54, 1.807) is 0 Å². The molecule has 2 atom stereocenters. The monoisotopic (exact) mass is 533 g/mol. The van der Waals surface area contributed by atoms with Crippen molar-refractivity contribution in [2.24, 2.45) is 0 Å². The first-order valence-electron chi connectivity index (χ1n) is 13.0. The van der Waals surface area contributed by atoms with E-state index in [4.69, 9.17) is 9.26 Å². The van der Waals surface area contributed by atoms with E-state index in [1.807, 2.05) is 115 Å². The largest absolute Gasteiger partial charge is 0.350 e. The highest BCUT2D eigenvalue weighted by Crippen LogP contribution is 2.44. The summed E-state index contributed by atoms with van der Waals surface area (Å²) in [5, 5.41) is 3.75. The molecular weight excluding hydrogens is 501 g/mol. The van der Waals surface area contributed by atoms with Crippen LogP contribution in [-0.2, 0) is 28.0 Å². The lowest BCUT2D eigenvalue weighted by Gasteiger charge is -2.40. The Morgan fingerprint density at radius 3 is 1.31 bits per heavy atom. The van der Waals surface area contributed by atoms with Crippen molar-refractivity contribution in [3.8, 4) is 0 Å². The van der Waals surface area contributed by atoms with Crippen LogP contribution in [0, 0.1) is 0 Å². The van der Waals surface area contributed by atoms with Crippen LogP contribution in [0.4, 0.5) is 0 Å². The van der Waals surface area contributed by atoms with Crippen LogP contribution < -0.4 is 5.32 Å². The van der Waals surface area contributed by atoms with E-state index in [0.29, 0.717) is 6.61 Å². The van der Waals surface area contributed by atoms with Crippen LogP contribution in [0.1, 0.15) is 27.8 Å². The van der Waals surface area contributed by atoms with Crippen LogP contribution >= 0.6 is 8.38 Å². The topological polar surface area (TPSA) is 50.7 Å². The predicted molar refractivity (Wildman–Crippen MR) is 158 cm³/mol. The smallest absolute Gasteiger partial charge is 0.215 e. The first kappa shape index (κ1) is 27.0. The predicted octanol–water partition coefficient (Wildman–Crippen LogP) is 7.59. The lowest BCUT2D eigenvalue weighted by atomic mass is 9.77. The summed E-state index contributed by atoms with van der Waals surface area (Å²) in [7, 11) is -2.03. The summed E-state index contributed by atoms with van der Waals surface area (Å²) in [6, 6.07) is 50.7. The molecule has 39 heavy (non-hydrogen) atoms. The standard InChI is InChI=1S/C34H32NO3P/c36-39(38-27-29-18-8-2-9-19-29)33(37-26-28-16-6-1-7-17-28)35-34(30-20-10-3-11-21-30,31-22-12-4-13-23-31)32-24-14-5-15-25-32/h1-25,33,35-36H,26-27H2. The molecule has 5 aromatic rings. The number of ether oxygens (including phenoxy) is 1.